The van der Waals surface area contributed by atoms with Crippen molar-refractivity contribution in [2.45, 2.75) is 6.54 Å². The molecule has 0 unspecified atom stereocenters. The molecule has 1 heterocycles. The zero-order valence-electron chi connectivity index (χ0n) is 11.8. The molecule has 2 rings (SSSR count). The lowest BCUT2D eigenvalue weighted by Gasteiger charge is -2.25. The van der Waals surface area contributed by atoms with E-state index in [9.17, 15) is 14.7 Å². The number of nitrogens with zero attached hydrogens (tertiary/aromatic N) is 2. The number of aromatic carboxylic acids is 1. The number of carbonyl (C=O) groups is 2. The number of urea groups is 1. The molecule has 0 atom stereocenters. The van der Waals surface area contributed by atoms with E-state index < -0.39 is 5.97 Å². The summed E-state index contributed by atoms with van der Waals surface area (Å²) in [5.41, 5.74) is 0.432. The third-order valence-electron chi connectivity index (χ3n) is 3.08. The summed E-state index contributed by atoms with van der Waals surface area (Å²) in [4.78, 5) is 26.3. The molecule has 0 fully saturated rings. The lowest BCUT2D eigenvalue weighted by atomic mass is 10.1. The molecule has 0 saturated heterocycles. The summed E-state index contributed by atoms with van der Waals surface area (Å²) in [6.07, 6.45) is 1.54. The number of rotatable bonds is 4. The van der Waals surface area contributed by atoms with Crippen molar-refractivity contribution in [2.75, 3.05) is 19.0 Å². The van der Waals surface area contributed by atoms with E-state index in [0.29, 0.717) is 18.0 Å². The van der Waals surface area contributed by atoms with Crippen LogP contribution in [-0.4, -0.2) is 36.1 Å². The average Bonchev–Trinajstić information content (AvgIpc) is 2.98. The van der Waals surface area contributed by atoms with Crippen LogP contribution in [0.15, 0.2) is 47.1 Å². The molecule has 1 aromatic heterocycles. The maximum atomic E-state index is 12.4. The monoisotopic (exact) mass is 288 g/mol. The minimum Gasteiger partial charge on any atom is -0.478 e. The third kappa shape index (κ3) is 3.22. The molecule has 0 aliphatic rings. The van der Waals surface area contributed by atoms with Crippen molar-refractivity contribution in [3.8, 4) is 0 Å². The van der Waals surface area contributed by atoms with Gasteiger partial charge in [0.2, 0.25) is 0 Å². The molecule has 1 aromatic carbocycles. The predicted molar refractivity (Wildman–Crippen MR) is 77.4 cm³/mol. The van der Waals surface area contributed by atoms with Gasteiger partial charge >= 0.3 is 12.0 Å². The second-order valence-electron chi connectivity index (χ2n) is 4.60. The highest BCUT2D eigenvalue weighted by atomic mass is 16.4. The lowest BCUT2D eigenvalue weighted by Crippen LogP contribution is -2.39. The van der Waals surface area contributed by atoms with Gasteiger partial charge in [0.25, 0.3) is 0 Å². The van der Waals surface area contributed by atoms with E-state index in [4.69, 9.17) is 4.42 Å². The molecule has 6 heteroatoms. The number of carboxylic acid groups (broad SMARTS) is 1. The Kier molecular flexibility index (Phi) is 4.27. The summed E-state index contributed by atoms with van der Waals surface area (Å²) < 4.78 is 5.20. The minimum atomic E-state index is -1.07. The molecule has 0 spiro atoms. The highest BCUT2D eigenvalue weighted by Crippen LogP contribution is 2.20. The van der Waals surface area contributed by atoms with Crippen molar-refractivity contribution in [3.05, 3.63) is 54.0 Å². The Balaban J connectivity index is 2.17. The molecule has 0 saturated carbocycles. The van der Waals surface area contributed by atoms with Crippen LogP contribution in [0.1, 0.15) is 16.1 Å². The largest absolute Gasteiger partial charge is 0.478 e. The Labute approximate surface area is 122 Å². The molecule has 21 heavy (non-hydrogen) atoms. The number of anilines is 1. The maximum Gasteiger partial charge on any atom is 0.337 e. The molecule has 2 aromatic rings. The molecule has 2 amide bonds. The van der Waals surface area contributed by atoms with E-state index in [1.165, 1.54) is 22.1 Å². The molecule has 0 aliphatic heterocycles. The quantitative estimate of drug-likeness (QED) is 0.938. The van der Waals surface area contributed by atoms with Gasteiger partial charge in [-0.3, -0.25) is 4.90 Å². The van der Waals surface area contributed by atoms with Crippen LogP contribution >= 0.6 is 0 Å². The number of amides is 2. The van der Waals surface area contributed by atoms with Crippen molar-refractivity contribution in [2.24, 2.45) is 0 Å². The van der Waals surface area contributed by atoms with Crippen LogP contribution in [0.25, 0.3) is 0 Å². The highest BCUT2D eigenvalue weighted by molar-refractivity contribution is 6.00. The molecule has 0 bridgehead atoms. The maximum absolute atomic E-state index is 12.4. The summed E-state index contributed by atoms with van der Waals surface area (Å²) in [5, 5.41) is 9.18. The molecule has 0 radical (unpaired) electrons. The van der Waals surface area contributed by atoms with Gasteiger partial charge in [-0.25, -0.2) is 9.59 Å². The van der Waals surface area contributed by atoms with Crippen LogP contribution < -0.4 is 4.90 Å². The Morgan fingerprint density at radius 1 is 1.14 bits per heavy atom. The topological polar surface area (TPSA) is 74.0 Å². The molecular weight excluding hydrogens is 272 g/mol. The lowest BCUT2D eigenvalue weighted by molar-refractivity contribution is 0.0697. The first-order valence-corrected chi connectivity index (χ1v) is 6.34. The number of carboxylic acids is 1. The van der Waals surface area contributed by atoms with Crippen LogP contribution in [-0.2, 0) is 6.54 Å². The van der Waals surface area contributed by atoms with E-state index in [1.807, 2.05) is 0 Å². The number of benzene rings is 1. The number of furan rings is 1. The number of hydrogen-bond donors (Lipinski definition) is 1. The molecular formula is C15H16N2O4. The Morgan fingerprint density at radius 2 is 1.86 bits per heavy atom. The summed E-state index contributed by atoms with van der Waals surface area (Å²) in [7, 11) is 3.17. The SMILES string of the molecule is CN(Cc1ccco1)C(=O)N(C)c1ccccc1C(=O)O. The van der Waals surface area contributed by atoms with Gasteiger partial charge in [0.15, 0.2) is 0 Å². The fourth-order valence-electron chi connectivity index (χ4n) is 2.01. The first-order chi connectivity index (χ1) is 10.0. The van der Waals surface area contributed by atoms with E-state index in [1.54, 1.807) is 44.4 Å². The third-order valence-corrected chi connectivity index (χ3v) is 3.08. The molecule has 6 nitrogen and oxygen atoms in total. The van der Waals surface area contributed by atoms with E-state index >= 15 is 0 Å². The first kappa shape index (κ1) is 14.6. The Morgan fingerprint density at radius 3 is 2.48 bits per heavy atom. The van der Waals surface area contributed by atoms with Crippen LogP contribution in [0.5, 0.6) is 0 Å². The molecule has 0 aliphatic carbocycles. The van der Waals surface area contributed by atoms with Gasteiger partial charge in [0.1, 0.15) is 5.76 Å². The minimum absolute atomic E-state index is 0.0831. The van der Waals surface area contributed by atoms with E-state index in [2.05, 4.69) is 0 Å². The smallest absolute Gasteiger partial charge is 0.337 e. The van der Waals surface area contributed by atoms with Crippen LogP contribution in [0, 0.1) is 0 Å². The normalized spacial score (nSPS) is 10.2. The van der Waals surface area contributed by atoms with Crippen molar-refractivity contribution >= 4 is 17.7 Å². The van der Waals surface area contributed by atoms with Crippen LogP contribution in [0.4, 0.5) is 10.5 Å². The van der Waals surface area contributed by atoms with Crippen molar-refractivity contribution in [3.63, 3.8) is 0 Å². The predicted octanol–water partition coefficient (Wildman–Crippen LogP) is 2.67. The number of hydrogen-bond acceptors (Lipinski definition) is 3. The first-order valence-electron chi connectivity index (χ1n) is 6.34. The van der Waals surface area contributed by atoms with Crippen LogP contribution in [0.2, 0.25) is 0 Å². The van der Waals surface area contributed by atoms with Gasteiger partial charge in [-0.15, -0.1) is 0 Å². The van der Waals surface area contributed by atoms with Gasteiger partial charge in [-0.05, 0) is 24.3 Å². The van der Waals surface area contributed by atoms with Gasteiger partial charge in [0, 0.05) is 14.1 Å². The van der Waals surface area contributed by atoms with Gasteiger partial charge < -0.3 is 14.4 Å². The Hall–Kier alpha value is -2.76. The Bertz CT molecular complexity index is 637. The zero-order chi connectivity index (χ0) is 15.4. The summed E-state index contributed by atoms with van der Waals surface area (Å²) in [6.45, 7) is 0.311. The van der Waals surface area contributed by atoms with E-state index in [-0.39, 0.29) is 11.6 Å². The van der Waals surface area contributed by atoms with Crippen LogP contribution in [0.3, 0.4) is 0 Å². The van der Waals surface area contributed by atoms with Crippen molar-refractivity contribution in [1.82, 2.24) is 4.90 Å². The van der Waals surface area contributed by atoms with Gasteiger partial charge in [-0.2, -0.15) is 0 Å². The van der Waals surface area contributed by atoms with Crippen molar-refractivity contribution in [1.29, 1.82) is 0 Å². The fourth-order valence-corrected chi connectivity index (χ4v) is 2.01. The van der Waals surface area contributed by atoms with E-state index in [0.717, 1.165) is 0 Å². The fraction of sp³-hybridized carbons (Fsp3) is 0.200. The highest BCUT2D eigenvalue weighted by Gasteiger charge is 2.21. The van der Waals surface area contributed by atoms with Gasteiger partial charge in [-0.1, -0.05) is 12.1 Å². The summed E-state index contributed by atoms with van der Waals surface area (Å²) in [6, 6.07) is 9.58. The zero-order valence-corrected chi connectivity index (χ0v) is 11.8. The number of para-hydroxylation sites is 1. The van der Waals surface area contributed by atoms with Gasteiger partial charge in [0.05, 0.1) is 24.1 Å². The average molecular weight is 288 g/mol. The number of carbonyl (C=O) groups excluding carboxylic acids is 1. The summed E-state index contributed by atoms with van der Waals surface area (Å²) >= 11 is 0. The second-order valence-corrected chi connectivity index (χ2v) is 4.60. The molecule has 1 N–H and O–H groups in total. The van der Waals surface area contributed by atoms with Crippen molar-refractivity contribution < 1.29 is 19.1 Å². The molecule has 110 valence electrons. The standard InChI is InChI=1S/C15H16N2O4/c1-16(10-11-6-5-9-21-11)15(20)17(2)13-8-4-3-7-12(13)14(18)19/h3-9H,10H2,1-2H3,(H,18,19). The second kappa shape index (κ2) is 6.13. The summed E-state index contributed by atoms with van der Waals surface area (Å²) in [5.74, 6) is -0.412.